The molecular weight excluding hydrogens is 342 g/mol. The first kappa shape index (κ1) is 16.6. The summed E-state index contributed by atoms with van der Waals surface area (Å²) in [7, 11) is -3.66. The average molecular weight is 361 g/mol. The van der Waals surface area contributed by atoms with Gasteiger partial charge in [-0.15, -0.1) is 0 Å². The summed E-state index contributed by atoms with van der Waals surface area (Å²) in [6.07, 6.45) is 0. The van der Waals surface area contributed by atoms with Crippen LogP contribution in [0.3, 0.4) is 0 Å². The van der Waals surface area contributed by atoms with Crippen LogP contribution in [0.4, 0.5) is 0 Å². The van der Waals surface area contributed by atoms with Gasteiger partial charge in [0.25, 0.3) is 0 Å². The summed E-state index contributed by atoms with van der Waals surface area (Å²) in [5.41, 5.74) is 4.54. The van der Waals surface area contributed by atoms with Gasteiger partial charge in [0.15, 0.2) is 0 Å². The van der Waals surface area contributed by atoms with Gasteiger partial charge in [-0.25, -0.2) is 8.42 Å². The van der Waals surface area contributed by atoms with Crippen LogP contribution < -0.4 is 0 Å². The van der Waals surface area contributed by atoms with Crippen molar-refractivity contribution in [1.82, 2.24) is 4.98 Å². The highest BCUT2D eigenvalue weighted by molar-refractivity contribution is 7.91. The Morgan fingerprint density at radius 2 is 1.42 bits per heavy atom. The predicted molar refractivity (Wildman–Crippen MR) is 105 cm³/mol. The lowest BCUT2D eigenvalue weighted by atomic mass is 10.1. The number of H-pyrrole nitrogens is 1. The van der Waals surface area contributed by atoms with E-state index in [1.807, 2.05) is 62.4 Å². The molecule has 0 unspecified atom stereocenters. The molecule has 0 saturated carbocycles. The fourth-order valence-corrected chi connectivity index (χ4v) is 4.86. The number of hydrogen-bond acceptors (Lipinski definition) is 2. The summed E-state index contributed by atoms with van der Waals surface area (Å²) in [5, 5.41) is 0.718. The van der Waals surface area contributed by atoms with E-state index in [1.165, 1.54) is 0 Å². The van der Waals surface area contributed by atoms with Crippen LogP contribution in [-0.4, -0.2) is 13.4 Å². The van der Waals surface area contributed by atoms with Gasteiger partial charge in [0.1, 0.15) is 4.90 Å². The predicted octanol–water partition coefficient (Wildman–Crippen LogP) is 5.28. The number of fused-ring (bicyclic) bond motifs is 1. The molecule has 130 valence electrons. The van der Waals surface area contributed by atoms with Crippen molar-refractivity contribution < 1.29 is 8.42 Å². The summed E-state index contributed by atoms with van der Waals surface area (Å²) in [6, 6.07) is 22.3. The molecule has 0 radical (unpaired) electrons. The number of benzene rings is 3. The summed E-state index contributed by atoms with van der Waals surface area (Å²) in [4.78, 5) is 3.97. The molecule has 4 heteroatoms. The highest BCUT2D eigenvalue weighted by atomic mass is 32.2. The zero-order valence-electron chi connectivity index (χ0n) is 14.7. The van der Waals surface area contributed by atoms with E-state index >= 15 is 0 Å². The van der Waals surface area contributed by atoms with E-state index in [2.05, 4.69) is 4.98 Å². The molecule has 0 aliphatic carbocycles. The molecule has 4 rings (SSSR count). The molecule has 0 aliphatic rings. The quantitative estimate of drug-likeness (QED) is 0.539. The van der Waals surface area contributed by atoms with Gasteiger partial charge in [0, 0.05) is 10.9 Å². The minimum absolute atomic E-state index is 0.301. The number of hydrogen-bond donors (Lipinski definition) is 1. The van der Waals surface area contributed by atoms with Gasteiger partial charge in [-0.3, -0.25) is 0 Å². The lowest BCUT2D eigenvalue weighted by Crippen LogP contribution is -2.03. The highest BCUT2D eigenvalue weighted by Crippen LogP contribution is 2.37. The summed E-state index contributed by atoms with van der Waals surface area (Å²) < 4.78 is 26.9. The normalized spacial score (nSPS) is 11.8. The van der Waals surface area contributed by atoms with Gasteiger partial charge in [0.05, 0.1) is 10.6 Å². The van der Waals surface area contributed by atoms with Crippen molar-refractivity contribution in [1.29, 1.82) is 0 Å². The highest BCUT2D eigenvalue weighted by Gasteiger charge is 2.26. The summed E-state index contributed by atoms with van der Waals surface area (Å²) in [5.74, 6) is 0. The van der Waals surface area contributed by atoms with E-state index < -0.39 is 9.84 Å². The van der Waals surface area contributed by atoms with Crippen LogP contribution in [0.1, 0.15) is 11.1 Å². The van der Waals surface area contributed by atoms with Crippen molar-refractivity contribution in [3.8, 4) is 11.3 Å². The molecule has 3 aromatic carbocycles. The van der Waals surface area contributed by atoms with E-state index in [9.17, 15) is 8.42 Å². The van der Waals surface area contributed by atoms with Crippen molar-refractivity contribution in [2.24, 2.45) is 0 Å². The van der Waals surface area contributed by atoms with Gasteiger partial charge >= 0.3 is 0 Å². The number of aryl methyl sites for hydroxylation is 2. The number of aromatic nitrogens is 1. The minimum atomic E-state index is -3.66. The molecule has 0 bridgehead atoms. The van der Waals surface area contributed by atoms with Gasteiger partial charge in [-0.2, -0.15) is 0 Å². The van der Waals surface area contributed by atoms with Crippen LogP contribution in [-0.2, 0) is 9.84 Å². The van der Waals surface area contributed by atoms with Gasteiger partial charge in [0.2, 0.25) is 9.84 Å². The second-order valence-electron chi connectivity index (χ2n) is 6.56. The fraction of sp³-hybridized carbons (Fsp3) is 0.0909. The lowest BCUT2D eigenvalue weighted by molar-refractivity contribution is 0.597. The van der Waals surface area contributed by atoms with Crippen molar-refractivity contribution in [2.75, 3.05) is 0 Å². The molecule has 0 atom stereocenters. The van der Waals surface area contributed by atoms with Crippen LogP contribution >= 0.6 is 0 Å². The molecule has 0 saturated heterocycles. The molecule has 3 nitrogen and oxygen atoms in total. The maximum atomic E-state index is 13.4. The maximum absolute atomic E-state index is 13.4. The smallest absolute Gasteiger partial charge is 0.209 e. The first-order valence-electron chi connectivity index (χ1n) is 8.46. The van der Waals surface area contributed by atoms with Crippen molar-refractivity contribution in [2.45, 2.75) is 23.6 Å². The molecule has 0 fully saturated rings. The first-order valence-corrected chi connectivity index (χ1v) is 9.94. The third kappa shape index (κ3) is 2.72. The van der Waals surface area contributed by atoms with Crippen molar-refractivity contribution in [3.63, 3.8) is 0 Å². The Hall–Kier alpha value is -2.85. The molecule has 0 aliphatic heterocycles. The third-order valence-corrected chi connectivity index (χ3v) is 6.42. The van der Waals surface area contributed by atoms with Gasteiger partial charge < -0.3 is 4.98 Å². The third-order valence-electron chi connectivity index (χ3n) is 4.57. The Bertz CT molecular complexity index is 1190. The maximum Gasteiger partial charge on any atom is 0.209 e. The number of aromatic amines is 1. The summed E-state index contributed by atoms with van der Waals surface area (Å²) in [6.45, 7) is 4.01. The van der Waals surface area contributed by atoms with Crippen LogP contribution in [0.5, 0.6) is 0 Å². The number of sulfone groups is 1. The van der Waals surface area contributed by atoms with E-state index in [0.717, 1.165) is 27.6 Å². The monoisotopic (exact) mass is 361 g/mol. The van der Waals surface area contributed by atoms with Crippen LogP contribution in [0.15, 0.2) is 82.6 Å². The molecule has 4 aromatic rings. The zero-order valence-corrected chi connectivity index (χ0v) is 15.5. The van der Waals surface area contributed by atoms with Crippen molar-refractivity contribution >= 4 is 20.7 Å². The Morgan fingerprint density at radius 3 is 2.12 bits per heavy atom. The first-order chi connectivity index (χ1) is 12.5. The molecule has 0 spiro atoms. The minimum Gasteiger partial charge on any atom is -0.353 e. The Balaban J connectivity index is 2.06. The Kier molecular flexibility index (Phi) is 3.93. The molecule has 1 heterocycles. The molecule has 26 heavy (non-hydrogen) atoms. The molecule has 1 aromatic heterocycles. The van der Waals surface area contributed by atoms with E-state index in [-0.39, 0.29) is 0 Å². The standard InChI is InChI=1S/C22H19NO2S/c1-15-8-11-17(12-9-15)21-22(19-13-10-16(2)14-20(19)23-21)26(24,25)18-6-4-3-5-7-18/h3-14,23H,1-2H3. The second-order valence-corrected chi connectivity index (χ2v) is 8.45. The molecule has 1 N–H and O–H groups in total. The SMILES string of the molecule is Cc1ccc(-c2[nH]c3cc(C)ccc3c2S(=O)(=O)c2ccccc2)cc1. The zero-order chi connectivity index (χ0) is 18.3. The number of rotatable bonds is 3. The Labute approximate surface area is 153 Å². The van der Waals surface area contributed by atoms with E-state index in [0.29, 0.717) is 15.5 Å². The lowest BCUT2D eigenvalue weighted by Gasteiger charge is -2.08. The van der Waals surface area contributed by atoms with E-state index in [1.54, 1.807) is 24.3 Å². The fourth-order valence-electron chi connectivity index (χ4n) is 3.21. The van der Waals surface area contributed by atoms with E-state index in [4.69, 9.17) is 0 Å². The van der Waals surface area contributed by atoms with Crippen LogP contribution in [0.2, 0.25) is 0 Å². The van der Waals surface area contributed by atoms with Gasteiger partial charge in [-0.1, -0.05) is 60.2 Å². The molecular formula is C22H19NO2S. The average Bonchev–Trinajstić information content (AvgIpc) is 3.02. The summed E-state index contributed by atoms with van der Waals surface area (Å²) >= 11 is 0. The Morgan fingerprint density at radius 1 is 0.769 bits per heavy atom. The van der Waals surface area contributed by atoms with Crippen LogP contribution in [0, 0.1) is 13.8 Å². The molecule has 0 amide bonds. The van der Waals surface area contributed by atoms with Gasteiger partial charge in [-0.05, 0) is 43.2 Å². The van der Waals surface area contributed by atoms with Crippen LogP contribution in [0.25, 0.3) is 22.2 Å². The number of nitrogens with one attached hydrogen (secondary N) is 1. The second kappa shape index (κ2) is 6.15. The largest absolute Gasteiger partial charge is 0.353 e. The van der Waals surface area contributed by atoms with Crippen molar-refractivity contribution in [3.05, 3.63) is 83.9 Å². The topological polar surface area (TPSA) is 49.9 Å².